The van der Waals surface area contributed by atoms with Crippen molar-refractivity contribution in [3.05, 3.63) is 107 Å². The molecule has 1 aliphatic heterocycles. The third-order valence-electron chi connectivity index (χ3n) is 6.64. The van der Waals surface area contributed by atoms with Crippen molar-refractivity contribution in [2.75, 3.05) is 0 Å². The Morgan fingerprint density at radius 2 is 1.90 bits per heavy atom. The van der Waals surface area contributed by atoms with Crippen molar-refractivity contribution in [3.63, 3.8) is 0 Å². The number of allylic oxidation sites excluding steroid dienone is 9. The normalized spacial score (nSPS) is 31.7. The number of hydrogen-bond donors (Lipinski definition) is 1. The first-order valence-corrected chi connectivity index (χ1v) is 10.7. The van der Waals surface area contributed by atoms with Gasteiger partial charge in [-0.25, -0.2) is 0 Å². The molecule has 0 bridgehead atoms. The predicted molar refractivity (Wildman–Crippen MR) is 118 cm³/mol. The van der Waals surface area contributed by atoms with Crippen LogP contribution < -0.4 is 5.43 Å². The Bertz CT molecular complexity index is 1030. The molecule has 0 radical (unpaired) electrons. The molecule has 3 nitrogen and oxygen atoms in total. The van der Waals surface area contributed by atoms with E-state index in [1.165, 1.54) is 28.8 Å². The van der Waals surface area contributed by atoms with Gasteiger partial charge in [0.2, 0.25) is 0 Å². The van der Waals surface area contributed by atoms with Crippen LogP contribution in [-0.2, 0) is 0 Å². The molecule has 4 aliphatic carbocycles. The third-order valence-corrected chi connectivity index (χ3v) is 6.64. The first-order chi connectivity index (χ1) is 14.4. The van der Waals surface area contributed by atoms with Gasteiger partial charge in [-0.3, -0.25) is 10.3 Å². The number of benzene rings is 1. The summed E-state index contributed by atoms with van der Waals surface area (Å²) in [7, 11) is 0. The van der Waals surface area contributed by atoms with Crippen LogP contribution in [0.2, 0.25) is 0 Å². The van der Waals surface area contributed by atoms with Crippen LogP contribution in [0.4, 0.5) is 0 Å². The highest BCUT2D eigenvalue weighted by Crippen LogP contribution is 2.45. The number of hydrogen-bond acceptors (Lipinski definition) is 3. The second-order valence-corrected chi connectivity index (χ2v) is 8.49. The molecule has 5 aliphatic rings. The van der Waals surface area contributed by atoms with Gasteiger partial charge in [-0.1, -0.05) is 78.9 Å². The molecule has 0 aromatic heterocycles. The van der Waals surface area contributed by atoms with Crippen LogP contribution in [0.5, 0.6) is 0 Å². The number of rotatable bonds is 3. The van der Waals surface area contributed by atoms with Gasteiger partial charge in [0.25, 0.3) is 0 Å². The summed E-state index contributed by atoms with van der Waals surface area (Å²) in [4.78, 5) is 2.41. The maximum atomic E-state index is 4.86. The molecule has 0 amide bonds. The summed E-state index contributed by atoms with van der Waals surface area (Å²) in [5.74, 6) is 3.09. The molecule has 1 N–H and O–H groups in total. The maximum absolute atomic E-state index is 4.86. The Labute approximate surface area is 172 Å². The molecular formula is C26H25N3. The van der Waals surface area contributed by atoms with E-state index in [4.69, 9.17) is 5.10 Å². The quantitative estimate of drug-likeness (QED) is 0.763. The van der Waals surface area contributed by atoms with Crippen molar-refractivity contribution in [1.82, 2.24) is 10.3 Å². The fourth-order valence-electron chi connectivity index (χ4n) is 4.90. The van der Waals surface area contributed by atoms with E-state index in [1.54, 1.807) is 0 Å². The highest BCUT2D eigenvalue weighted by Gasteiger charge is 2.38. The van der Waals surface area contributed by atoms with Gasteiger partial charge in [-0.2, -0.15) is 5.10 Å². The minimum atomic E-state index is 0.00323. The van der Waals surface area contributed by atoms with Crippen molar-refractivity contribution in [1.29, 1.82) is 0 Å². The molecule has 0 saturated heterocycles. The average Bonchev–Trinajstić information content (AvgIpc) is 3.44. The highest BCUT2D eigenvalue weighted by molar-refractivity contribution is 6.03. The van der Waals surface area contributed by atoms with Crippen LogP contribution in [-0.4, -0.2) is 10.7 Å². The number of nitrogens with one attached hydrogen (secondary N) is 1. The second-order valence-electron chi connectivity index (χ2n) is 8.49. The lowest BCUT2D eigenvalue weighted by molar-refractivity contribution is 0.368. The summed E-state index contributed by atoms with van der Waals surface area (Å²) in [5, 5.41) is 4.86. The van der Waals surface area contributed by atoms with E-state index in [0.29, 0.717) is 5.92 Å². The van der Waals surface area contributed by atoms with Gasteiger partial charge < -0.3 is 0 Å². The highest BCUT2D eigenvalue weighted by atomic mass is 15.5. The standard InChI is InChI=1S/C26H25N3/c1-2-8-19(9-3-1)25-27-28-26(20-13-15-21-17-22(21)16-14-20)29(25)24-12-6-10-18-7-4-5-11-23(18)24/h1-9,11-15,18,21-22,25,27H,10,16-17H2. The Morgan fingerprint density at radius 1 is 0.966 bits per heavy atom. The van der Waals surface area contributed by atoms with Gasteiger partial charge in [-0.15, -0.1) is 0 Å². The molecule has 1 heterocycles. The largest absolute Gasteiger partial charge is 0.298 e. The summed E-state index contributed by atoms with van der Waals surface area (Å²) in [6.45, 7) is 0. The molecule has 1 aromatic carbocycles. The molecule has 1 saturated carbocycles. The zero-order valence-corrected chi connectivity index (χ0v) is 16.4. The van der Waals surface area contributed by atoms with E-state index in [-0.39, 0.29) is 6.17 Å². The molecule has 1 fully saturated rings. The van der Waals surface area contributed by atoms with Crippen LogP contribution in [0, 0.1) is 17.8 Å². The van der Waals surface area contributed by atoms with Crippen LogP contribution in [0.3, 0.4) is 0 Å². The number of hydrazone groups is 1. The molecule has 0 spiro atoms. The van der Waals surface area contributed by atoms with Crippen molar-refractivity contribution >= 4 is 5.84 Å². The number of nitrogens with zero attached hydrogens (tertiary/aromatic N) is 2. The van der Waals surface area contributed by atoms with E-state index in [1.807, 2.05) is 0 Å². The average molecular weight is 380 g/mol. The molecule has 29 heavy (non-hydrogen) atoms. The molecular weight excluding hydrogens is 354 g/mol. The second kappa shape index (κ2) is 6.77. The topological polar surface area (TPSA) is 27.6 Å². The number of amidine groups is 1. The van der Waals surface area contributed by atoms with E-state index >= 15 is 0 Å². The molecule has 6 rings (SSSR count). The molecule has 144 valence electrons. The van der Waals surface area contributed by atoms with Crippen molar-refractivity contribution < 1.29 is 0 Å². The lowest BCUT2D eigenvalue weighted by atomic mass is 9.86. The first kappa shape index (κ1) is 16.8. The Morgan fingerprint density at radius 3 is 2.83 bits per heavy atom. The monoisotopic (exact) mass is 379 g/mol. The molecule has 1 aromatic rings. The van der Waals surface area contributed by atoms with Crippen LogP contribution >= 0.6 is 0 Å². The Kier molecular flexibility index (Phi) is 3.93. The maximum Gasteiger partial charge on any atom is 0.161 e. The predicted octanol–water partition coefficient (Wildman–Crippen LogP) is 5.38. The summed E-state index contributed by atoms with van der Waals surface area (Å²) < 4.78 is 0. The van der Waals surface area contributed by atoms with Crippen molar-refractivity contribution in [3.8, 4) is 0 Å². The molecule has 4 unspecified atom stereocenters. The summed E-state index contributed by atoms with van der Waals surface area (Å²) in [6.07, 6.45) is 24.1. The van der Waals surface area contributed by atoms with Crippen LogP contribution in [0.25, 0.3) is 0 Å². The Balaban J connectivity index is 1.45. The fraction of sp³-hybridized carbons (Fsp3) is 0.269. The van der Waals surface area contributed by atoms with Crippen LogP contribution in [0.1, 0.15) is 31.0 Å². The zero-order valence-electron chi connectivity index (χ0n) is 16.4. The van der Waals surface area contributed by atoms with Gasteiger partial charge in [0.05, 0.1) is 0 Å². The van der Waals surface area contributed by atoms with Crippen molar-refractivity contribution in [2.45, 2.75) is 25.4 Å². The lowest BCUT2D eigenvalue weighted by Crippen LogP contribution is -2.35. The van der Waals surface area contributed by atoms with E-state index < -0.39 is 0 Å². The zero-order chi connectivity index (χ0) is 19.2. The minimum Gasteiger partial charge on any atom is -0.298 e. The van der Waals surface area contributed by atoms with Crippen LogP contribution in [0.15, 0.2) is 107 Å². The van der Waals surface area contributed by atoms with Gasteiger partial charge in [-0.05, 0) is 48.3 Å². The molecule has 3 heteroatoms. The van der Waals surface area contributed by atoms with Gasteiger partial charge >= 0.3 is 0 Å². The van der Waals surface area contributed by atoms with Crippen molar-refractivity contribution in [2.24, 2.45) is 22.9 Å². The smallest absolute Gasteiger partial charge is 0.161 e. The third kappa shape index (κ3) is 2.93. The summed E-state index contributed by atoms with van der Waals surface area (Å²) >= 11 is 0. The Hall–Kier alpha value is -3.07. The van der Waals surface area contributed by atoms with Gasteiger partial charge in [0.15, 0.2) is 5.84 Å². The van der Waals surface area contributed by atoms with Gasteiger partial charge in [0.1, 0.15) is 6.17 Å². The SMILES string of the molecule is C1=CC2=C(N3C(C4=CCC5CC5C=C4)=NNC3c3ccccc3)C=CCC2C=C1. The lowest BCUT2D eigenvalue weighted by Gasteiger charge is -2.34. The van der Waals surface area contributed by atoms with E-state index in [2.05, 4.69) is 95.3 Å². The van der Waals surface area contributed by atoms with Gasteiger partial charge in [0, 0.05) is 17.2 Å². The molecule has 4 atom stereocenters. The fourth-order valence-corrected chi connectivity index (χ4v) is 4.90. The number of fused-ring (bicyclic) bond motifs is 2. The summed E-state index contributed by atoms with van der Waals surface area (Å²) in [5.41, 5.74) is 8.54. The van der Waals surface area contributed by atoms with E-state index in [9.17, 15) is 0 Å². The minimum absolute atomic E-state index is 0.00323. The summed E-state index contributed by atoms with van der Waals surface area (Å²) in [6, 6.07) is 10.6. The first-order valence-electron chi connectivity index (χ1n) is 10.7. The van der Waals surface area contributed by atoms with E-state index in [0.717, 1.165) is 30.5 Å².